The molecule has 1 aromatic rings. The highest BCUT2D eigenvalue weighted by Crippen LogP contribution is 2.63. The van der Waals surface area contributed by atoms with Gasteiger partial charge in [0.15, 0.2) is 0 Å². The molecule has 73 heavy (non-hydrogen) atoms. The highest BCUT2D eigenvalue weighted by Gasteiger charge is 2.61. The van der Waals surface area contributed by atoms with Crippen molar-refractivity contribution in [3.63, 3.8) is 0 Å². The Balaban J connectivity index is 1.40. The maximum Gasteiger partial charge on any atom is 0.252 e. The van der Waals surface area contributed by atoms with Crippen molar-refractivity contribution in [1.82, 2.24) is 25.1 Å². The summed E-state index contributed by atoms with van der Waals surface area (Å²) in [6.45, 7) is 22.5. The Bertz CT molecular complexity index is 1920. The van der Waals surface area contributed by atoms with Crippen LogP contribution in [0.25, 0.3) is 0 Å². The minimum atomic E-state index is -0.807. The van der Waals surface area contributed by atoms with Crippen molar-refractivity contribution in [1.29, 1.82) is 0 Å². The van der Waals surface area contributed by atoms with Crippen LogP contribution >= 0.6 is 0 Å². The van der Waals surface area contributed by atoms with Crippen LogP contribution in [0.4, 0.5) is 0 Å². The van der Waals surface area contributed by atoms with Crippen LogP contribution in [-0.4, -0.2) is 146 Å². The molecule has 1 N–H and O–H groups in total. The van der Waals surface area contributed by atoms with E-state index in [-0.39, 0.29) is 71.0 Å². The van der Waals surface area contributed by atoms with Gasteiger partial charge in [0.1, 0.15) is 17.6 Å². The number of amides is 4. The predicted octanol–water partition coefficient (Wildman–Crippen LogP) is 9.43. The quantitative estimate of drug-likeness (QED) is 0.0691. The number of ether oxygens (including phenoxy) is 2. The zero-order chi connectivity index (χ0) is 54.2. The van der Waals surface area contributed by atoms with Crippen molar-refractivity contribution >= 4 is 35.2 Å². The van der Waals surface area contributed by atoms with Gasteiger partial charge in [-0.1, -0.05) is 112 Å². The van der Waals surface area contributed by atoms with Crippen molar-refractivity contribution in [2.75, 3.05) is 54.6 Å². The number of benzene rings is 1. The van der Waals surface area contributed by atoms with E-state index < -0.39 is 41.7 Å². The minimum Gasteiger partial charge on any atom is -0.379 e. The highest BCUT2D eigenvalue weighted by molar-refractivity contribution is 5.90. The van der Waals surface area contributed by atoms with Crippen LogP contribution in [0.3, 0.4) is 0 Å². The molecule has 4 amide bonds. The smallest absolute Gasteiger partial charge is 0.252 e. The van der Waals surface area contributed by atoms with E-state index in [1.807, 2.05) is 64.8 Å². The average molecular weight is 1020 g/mol. The summed E-state index contributed by atoms with van der Waals surface area (Å²) in [5.74, 6) is -0.815. The van der Waals surface area contributed by atoms with Gasteiger partial charge in [0.25, 0.3) is 5.91 Å². The zero-order valence-corrected chi connectivity index (χ0v) is 47.8. The molecule has 4 rings (SSSR count). The third-order valence-corrected chi connectivity index (χ3v) is 17.6. The summed E-state index contributed by atoms with van der Waals surface area (Å²) >= 11 is 0. The lowest BCUT2D eigenvalue weighted by molar-refractivity contribution is -0.203. The maximum absolute atomic E-state index is 14.7. The van der Waals surface area contributed by atoms with E-state index in [1.54, 1.807) is 31.2 Å². The first-order valence-electron chi connectivity index (χ1n) is 28.4. The van der Waals surface area contributed by atoms with Gasteiger partial charge in [-0.3, -0.25) is 38.5 Å². The average Bonchev–Trinajstić information content (AvgIpc) is 3.92. The Morgan fingerprint density at radius 1 is 0.849 bits per heavy atom. The molecular formula is C59H99N5O9. The number of nitrogens with zero attached hydrogens (tertiary/aromatic N) is 4. The Morgan fingerprint density at radius 2 is 1.53 bits per heavy atom. The monoisotopic (exact) mass is 1020 g/mol. The number of likely N-dealkylation sites (tertiary alicyclic amines) is 1. The lowest BCUT2D eigenvalue weighted by atomic mass is 9.78. The molecule has 1 aromatic carbocycles. The summed E-state index contributed by atoms with van der Waals surface area (Å²) < 4.78 is 12.3. The van der Waals surface area contributed by atoms with E-state index in [0.717, 1.165) is 69.8 Å². The van der Waals surface area contributed by atoms with Gasteiger partial charge >= 0.3 is 0 Å². The van der Waals surface area contributed by atoms with Crippen molar-refractivity contribution in [3.05, 3.63) is 35.9 Å². The van der Waals surface area contributed by atoms with Gasteiger partial charge in [-0.05, 0) is 113 Å². The topological polar surface area (TPSA) is 155 Å². The van der Waals surface area contributed by atoms with E-state index in [4.69, 9.17) is 14.3 Å². The maximum atomic E-state index is 14.7. The van der Waals surface area contributed by atoms with Crippen molar-refractivity contribution in [2.24, 2.45) is 34.5 Å². The van der Waals surface area contributed by atoms with Crippen LogP contribution in [0.5, 0.6) is 0 Å². The SMILES string of the molecule is CCC(C)C(C(CC(=O)N1CCCC1C(OC)C(C)C(=O)CCCC1(C(=O)N2CCCCO2)CC1c1ccccc1)OC)N(C)C(=O)C(NC(=O)C(C(C)C)N(C)CCCCCC(=O)C(C)(CC)CC)C(C)C. The lowest BCUT2D eigenvalue weighted by Gasteiger charge is -2.41. The van der Waals surface area contributed by atoms with Crippen LogP contribution in [0, 0.1) is 34.5 Å². The Morgan fingerprint density at radius 3 is 2.11 bits per heavy atom. The third kappa shape index (κ3) is 15.7. The van der Waals surface area contributed by atoms with E-state index in [2.05, 4.69) is 57.0 Å². The van der Waals surface area contributed by atoms with Crippen LogP contribution < -0.4 is 5.32 Å². The molecule has 14 heteroatoms. The van der Waals surface area contributed by atoms with Gasteiger partial charge in [-0.2, -0.15) is 0 Å². The zero-order valence-electron chi connectivity index (χ0n) is 47.8. The number of hydrogen-bond donors (Lipinski definition) is 1. The molecule has 0 spiro atoms. The first-order valence-corrected chi connectivity index (χ1v) is 28.4. The summed E-state index contributed by atoms with van der Waals surface area (Å²) in [4.78, 5) is 95.9. The predicted molar refractivity (Wildman–Crippen MR) is 288 cm³/mol. The minimum absolute atomic E-state index is 0.0165. The van der Waals surface area contributed by atoms with Gasteiger partial charge in [-0.25, -0.2) is 5.06 Å². The first-order chi connectivity index (χ1) is 34.7. The molecule has 2 heterocycles. The number of carbonyl (C=O) groups is 6. The summed E-state index contributed by atoms with van der Waals surface area (Å²) in [7, 11) is 6.91. The molecule has 1 aliphatic carbocycles. The van der Waals surface area contributed by atoms with Gasteiger partial charge in [0.05, 0.1) is 48.8 Å². The number of Topliss-reactive ketones (excluding diaryl/α,β-unsaturated/α-hetero) is 2. The fraction of sp³-hybridized carbons (Fsp3) is 0.797. The summed E-state index contributed by atoms with van der Waals surface area (Å²) in [6, 6.07) is 8.11. The number of nitrogens with one attached hydrogen (secondary N) is 1. The van der Waals surface area contributed by atoms with Gasteiger partial charge in [-0.15, -0.1) is 0 Å². The van der Waals surface area contributed by atoms with Crippen molar-refractivity contribution < 1.29 is 43.1 Å². The number of hydroxylamine groups is 2. The molecule has 2 saturated heterocycles. The third-order valence-electron chi connectivity index (χ3n) is 17.6. The molecule has 414 valence electrons. The fourth-order valence-corrected chi connectivity index (χ4v) is 12.1. The van der Waals surface area contributed by atoms with E-state index in [0.29, 0.717) is 64.1 Å². The molecule has 1 saturated carbocycles. The number of hydrogen-bond acceptors (Lipinski definition) is 10. The molecule has 3 fully saturated rings. The van der Waals surface area contributed by atoms with Crippen molar-refractivity contribution in [3.8, 4) is 0 Å². The molecule has 0 radical (unpaired) electrons. The molecule has 3 aliphatic rings. The lowest BCUT2D eigenvalue weighted by Crippen LogP contribution is -2.60. The molecule has 0 aromatic heterocycles. The number of ketones is 2. The number of likely N-dealkylation sites (N-methyl/N-ethyl adjacent to an activating group) is 2. The van der Waals surface area contributed by atoms with Crippen molar-refractivity contribution in [2.45, 2.75) is 214 Å². The first kappa shape index (κ1) is 61.8. The Hall–Kier alpha value is -3.72. The van der Waals surface area contributed by atoms with Crippen LogP contribution in [-0.2, 0) is 43.1 Å². The number of unbranched alkanes of at least 4 members (excludes halogenated alkanes) is 2. The van der Waals surface area contributed by atoms with Gasteiger partial charge in [0, 0.05) is 58.5 Å². The Labute approximate surface area is 441 Å². The Kier molecular flexibility index (Phi) is 24.5. The standard InChI is InChI=1S/C59H99N5O9/c1-15-42(8)53(62(12)56(69)51(40(4)5)60-55(68)52(41(6)7)61(11)34-23-19-22-32-49(66)58(10,16-2)17-3)48(71-13)38-50(67)63-35-27-30-46(63)54(72-14)43(9)47(65)31-26-33-59(57(70)64-36-24-25-37-73-64)39-45(59)44-28-20-18-21-29-44/h18,20-21,28-29,40-43,45-46,48,51-54H,15-17,19,22-27,30-39H2,1-14H3,(H,60,68). The normalized spacial score (nSPS) is 22.2. The fourth-order valence-electron chi connectivity index (χ4n) is 12.1. The molecule has 14 nitrogen and oxygen atoms in total. The van der Waals surface area contributed by atoms with E-state index in [9.17, 15) is 28.8 Å². The second kappa shape index (κ2) is 29.0. The summed E-state index contributed by atoms with van der Waals surface area (Å²) in [5, 5.41) is 4.72. The molecule has 10 atom stereocenters. The number of rotatable bonds is 32. The van der Waals surface area contributed by atoms with E-state index >= 15 is 0 Å². The molecule has 0 bridgehead atoms. The van der Waals surface area contributed by atoms with E-state index in [1.165, 1.54) is 0 Å². The van der Waals surface area contributed by atoms with Crippen LogP contribution in [0.1, 0.15) is 183 Å². The molecular weight excluding hydrogens is 923 g/mol. The number of methoxy groups -OCH3 is 2. The number of carbonyl (C=O) groups excluding carboxylic acids is 6. The molecule has 10 unspecified atom stereocenters. The second-order valence-corrected chi connectivity index (χ2v) is 23.1. The van der Waals surface area contributed by atoms with Crippen LogP contribution in [0.15, 0.2) is 30.3 Å². The molecule has 2 aliphatic heterocycles. The largest absolute Gasteiger partial charge is 0.379 e. The summed E-state index contributed by atoms with van der Waals surface area (Å²) in [5.41, 5.74) is 0.294. The highest BCUT2D eigenvalue weighted by atomic mass is 16.7. The van der Waals surface area contributed by atoms with Gasteiger partial charge < -0.3 is 24.6 Å². The summed E-state index contributed by atoms with van der Waals surface area (Å²) in [6.07, 6.45) is 9.95. The van der Waals surface area contributed by atoms with Crippen LogP contribution in [0.2, 0.25) is 0 Å². The second-order valence-electron chi connectivity index (χ2n) is 23.1. The van der Waals surface area contributed by atoms with Gasteiger partial charge in [0.2, 0.25) is 17.7 Å².